The third kappa shape index (κ3) is 5.35. The quantitative estimate of drug-likeness (QED) is 0.767. The average Bonchev–Trinajstić information content (AvgIpc) is 3.39. The SMILES string of the molecule is O=C(CN1CCC[C@H](COc2ccc(F)cc2)C1)Nc1ccnn1C1CCCC1. The fraction of sp³-hybridized carbons (Fsp3) is 0.545. The number of halogens is 1. The van der Waals surface area contributed by atoms with Gasteiger partial charge >= 0.3 is 0 Å². The average molecular weight is 400 g/mol. The molecule has 1 amide bonds. The Bertz CT molecular complexity index is 801. The van der Waals surface area contributed by atoms with Gasteiger partial charge in [-0.15, -0.1) is 0 Å². The molecule has 4 rings (SSSR count). The molecule has 2 heterocycles. The normalized spacial score (nSPS) is 20.7. The fourth-order valence-corrected chi connectivity index (χ4v) is 4.41. The van der Waals surface area contributed by atoms with Crippen molar-refractivity contribution in [1.82, 2.24) is 14.7 Å². The molecule has 1 saturated heterocycles. The summed E-state index contributed by atoms with van der Waals surface area (Å²) in [5.74, 6) is 1.59. The lowest BCUT2D eigenvalue weighted by molar-refractivity contribution is -0.117. The highest BCUT2D eigenvalue weighted by atomic mass is 19.1. The Kier molecular flexibility index (Phi) is 6.44. The maximum Gasteiger partial charge on any atom is 0.239 e. The number of nitrogens with one attached hydrogen (secondary N) is 1. The summed E-state index contributed by atoms with van der Waals surface area (Å²) in [6.07, 6.45) is 8.61. The molecule has 0 spiro atoms. The molecule has 1 aliphatic carbocycles. The van der Waals surface area contributed by atoms with Gasteiger partial charge in [0.2, 0.25) is 5.91 Å². The number of hydrogen-bond acceptors (Lipinski definition) is 4. The first kappa shape index (κ1) is 19.9. The predicted molar refractivity (Wildman–Crippen MR) is 109 cm³/mol. The zero-order valence-electron chi connectivity index (χ0n) is 16.7. The van der Waals surface area contributed by atoms with Gasteiger partial charge in [0.1, 0.15) is 17.4 Å². The van der Waals surface area contributed by atoms with E-state index >= 15 is 0 Å². The molecule has 7 heteroatoms. The van der Waals surface area contributed by atoms with Crippen molar-refractivity contribution in [2.75, 3.05) is 31.6 Å². The minimum atomic E-state index is -0.263. The van der Waals surface area contributed by atoms with Gasteiger partial charge in [0.05, 0.1) is 25.4 Å². The predicted octanol–water partition coefficient (Wildman–Crippen LogP) is 3.87. The van der Waals surface area contributed by atoms with Crippen LogP contribution in [0.25, 0.3) is 0 Å². The second-order valence-corrected chi connectivity index (χ2v) is 8.16. The van der Waals surface area contributed by atoms with Crippen molar-refractivity contribution >= 4 is 11.7 Å². The summed E-state index contributed by atoms with van der Waals surface area (Å²) in [5.41, 5.74) is 0. The van der Waals surface area contributed by atoms with Crippen LogP contribution in [0, 0.1) is 11.7 Å². The van der Waals surface area contributed by atoms with Gasteiger partial charge in [-0.05, 0) is 56.5 Å². The van der Waals surface area contributed by atoms with Gasteiger partial charge in [0.15, 0.2) is 0 Å². The lowest BCUT2D eigenvalue weighted by Crippen LogP contribution is -2.42. The Hall–Kier alpha value is -2.41. The number of carbonyl (C=O) groups excluding carboxylic acids is 1. The van der Waals surface area contributed by atoms with Crippen LogP contribution in [0.4, 0.5) is 10.2 Å². The number of rotatable bonds is 7. The third-order valence-electron chi connectivity index (χ3n) is 5.88. The highest BCUT2D eigenvalue weighted by Crippen LogP contribution is 2.31. The number of anilines is 1. The number of nitrogens with zero attached hydrogens (tertiary/aromatic N) is 3. The zero-order valence-corrected chi connectivity index (χ0v) is 16.7. The maximum absolute atomic E-state index is 13.0. The molecule has 29 heavy (non-hydrogen) atoms. The molecule has 0 unspecified atom stereocenters. The Morgan fingerprint density at radius 3 is 2.72 bits per heavy atom. The largest absolute Gasteiger partial charge is 0.493 e. The van der Waals surface area contributed by atoms with E-state index in [1.165, 1.54) is 25.0 Å². The molecule has 1 saturated carbocycles. The van der Waals surface area contributed by atoms with Crippen LogP contribution in [0.5, 0.6) is 5.75 Å². The highest BCUT2D eigenvalue weighted by molar-refractivity contribution is 5.91. The summed E-state index contributed by atoms with van der Waals surface area (Å²) in [6, 6.07) is 8.40. The smallest absolute Gasteiger partial charge is 0.239 e. The molecular formula is C22H29FN4O2. The second kappa shape index (κ2) is 9.39. The van der Waals surface area contributed by atoms with E-state index in [2.05, 4.69) is 15.3 Å². The number of benzene rings is 1. The topological polar surface area (TPSA) is 59.4 Å². The van der Waals surface area contributed by atoms with Crippen LogP contribution in [0.1, 0.15) is 44.6 Å². The molecule has 0 radical (unpaired) electrons. The summed E-state index contributed by atoms with van der Waals surface area (Å²) in [5, 5.41) is 7.46. The van der Waals surface area contributed by atoms with E-state index < -0.39 is 0 Å². The van der Waals surface area contributed by atoms with E-state index in [1.54, 1.807) is 18.3 Å². The monoisotopic (exact) mass is 400 g/mol. The molecule has 156 valence electrons. The van der Waals surface area contributed by atoms with Crippen molar-refractivity contribution in [2.45, 2.75) is 44.6 Å². The number of piperidine rings is 1. The van der Waals surface area contributed by atoms with Crippen LogP contribution in [0.15, 0.2) is 36.5 Å². The van der Waals surface area contributed by atoms with Crippen LogP contribution in [-0.4, -0.2) is 46.8 Å². The standard InChI is InChI=1S/C22H29FN4O2/c23-18-7-9-20(10-8-18)29-16-17-4-3-13-26(14-17)15-22(28)25-21-11-12-24-27(21)19-5-1-2-6-19/h7-12,17,19H,1-6,13-16H2,(H,25,28)/t17-/m0/s1. The molecule has 2 aliphatic rings. The molecule has 1 N–H and O–H groups in total. The summed E-state index contributed by atoms with van der Waals surface area (Å²) in [4.78, 5) is 14.8. The first-order chi connectivity index (χ1) is 14.2. The van der Waals surface area contributed by atoms with E-state index in [-0.39, 0.29) is 11.7 Å². The minimum Gasteiger partial charge on any atom is -0.493 e. The maximum atomic E-state index is 13.0. The van der Waals surface area contributed by atoms with Gasteiger partial charge in [0.25, 0.3) is 0 Å². The summed E-state index contributed by atoms with van der Waals surface area (Å²) >= 11 is 0. The number of amides is 1. The Morgan fingerprint density at radius 1 is 1.14 bits per heavy atom. The number of carbonyl (C=O) groups is 1. The van der Waals surface area contributed by atoms with Crippen molar-refractivity contribution < 1.29 is 13.9 Å². The Labute approximate surface area is 171 Å². The van der Waals surface area contributed by atoms with Gasteiger partial charge < -0.3 is 10.1 Å². The number of hydrogen-bond donors (Lipinski definition) is 1. The van der Waals surface area contributed by atoms with Crippen molar-refractivity contribution in [3.05, 3.63) is 42.3 Å². The Balaban J connectivity index is 1.25. The summed E-state index contributed by atoms with van der Waals surface area (Å²) in [6.45, 7) is 2.71. The van der Waals surface area contributed by atoms with E-state index in [0.717, 1.165) is 44.6 Å². The van der Waals surface area contributed by atoms with Gasteiger partial charge in [-0.2, -0.15) is 5.10 Å². The third-order valence-corrected chi connectivity index (χ3v) is 5.88. The molecular weight excluding hydrogens is 371 g/mol. The molecule has 0 bridgehead atoms. The van der Waals surface area contributed by atoms with Crippen LogP contribution < -0.4 is 10.1 Å². The van der Waals surface area contributed by atoms with Crippen molar-refractivity contribution in [3.8, 4) is 5.75 Å². The minimum absolute atomic E-state index is 0.00449. The van der Waals surface area contributed by atoms with Crippen LogP contribution >= 0.6 is 0 Å². The van der Waals surface area contributed by atoms with Crippen LogP contribution in [-0.2, 0) is 4.79 Å². The van der Waals surface area contributed by atoms with E-state index in [1.807, 2.05) is 10.7 Å². The van der Waals surface area contributed by atoms with E-state index in [0.29, 0.717) is 30.9 Å². The molecule has 6 nitrogen and oxygen atoms in total. The molecule has 2 fully saturated rings. The summed E-state index contributed by atoms with van der Waals surface area (Å²) in [7, 11) is 0. The zero-order chi connectivity index (χ0) is 20.1. The fourth-order valence-electron chi connectivity index (χ4n) is 4.41. The lowest BCUT2D eigenvalue weighted by Gasteiger charge is -2.32. The number of likely N-dealkylation sites (tertiary alicyclic amines) is 1. The first-order valence-corrected chi connectivity index (χ1v) is 10.6. The summed E-state index contributed by atoms with van der Waals surface area (Å²) < 4.78 is 20.8. The molecule has 1 atom stereocenters. The molecule has 2 aromatic rings. The second-order valence-electron chi connectivity index (χ2n) is 8.16. The Morgan fingerprint density at radius 2 is 1.93 bits per heavy atom. The van der Waals surface area contributed by atoms with E-state index in [9.17, 15) is 9.18 Å². The number of aromatic nitrogens is 2. The van der Waals surface area contributed by atoms with Gasteiger partial charge in [0, 0.05) is 18.5 Å². The van der Waals surface area contributed by atoms with Crippen LogP contribution in [0.3, 0.4) is 0 Å². The van der Waals surface area contributed by atoms with E-state index in [4.69, 9.17) is 4.74 Å². The lowest BCUT2D eigenvalue weighted by atomic mass is 9.99. The van der Waals surface area contributed by atoms with Gasteiger partial charge in [-0.1, -0.05) is 12.8 Å². The molecule has 1 aromatic heterocycles. The highest BCUT2D eigenvalue weighted by Gasteiger charge is 2.24. The van der Waals surface area contributed by atoms with Crippen molar-refractivity contribution in [1.29, 1.82) is 0 Å². The first-order valence-electron chi connectivity index (χ1n) is 10.6. The van der Waals surface area contributed by atoms with Crippen molar-refractivity contribution in [2.24, 2.45) is 5.92 Å². The molecule has 1 aliphatic heterocycles. The number of ether oxygens (including phenoxy) is 1. The van der Waals surface area contributed by atoms with Crippen LogP contribution in [0.2, 0.25) is 0 Å². The molecule has 1 aromatic carbocycles. The van der Waals surface area contributed by atoms with Crippen molar-refractivity contribution in [3.63, 3.8) is 0 Å². The van der Waals surface area contributed by atoms with Gasteiger partial charge in [-0.25, -0.2) is 9.07 Å². The van der Waals surface area contributed by atoms with Gasteiger partial charge in [-0.3, -0.25) is 9.69 Å².